The Morgan fingerprint density at radius 1 is 0.909 bits per heavy atom. The lowest BCUT2D eigenvalue weighted by Gasteiger charge is -2.39. The summed E-state index contributed by atoms with van der Waals surface area (Å²) < 4.78 is 109. The summed E-state index contributed by atoms with van der Waals surface area (Å²) in [7, 11) is 0. The number of hydrogen-bond acceptors (Lipinski definition) is 1. The van der Waals surface area contributed by atoms with Crippen molar-refractivity contribution in [2.24, 2.45) is 0 Å². The molecule has 2 rings (SSSR count). The van der Waals surface area contributed by atoms with Crippen LogP contribution >= 0.6 is 11.6 Å². The minimum absolute atomic E-state index is 0.165. The zero-order valence-electron chi connectivity index (χ0n) is 18.6. The summed E-state index contributed by atoms with van der Waals surface area (Å²) in [5.41, 5.74) is -6.96. The lowest BCUT2D eigenvalue weighted by atomic mass is 9.72. The van der Waals surface area contributed by atoms with Crippen LogP contribution in [0.4, 0.5) is 35.1 Å². The molecule has 0 heterocycles. The van der Waals surface area contributed by atoms with Crippen LogP contribution in [-0.4, -0.2) is 16.9 Å². The van der Waals surface area contributed by atoms with E-state index >= 15 is 0 Å². The van der Waals surface area contributed by atoms with E-state index in [0.29, 0.717) is 5.56 Å². The highest BCUT2D eigenvalue weighted by molar-refractivity contribution is 6.30. The van der Waals surface area contributed by atoms with Crippen LogP contribution < -0.4 is 0 Å². The number of aliphatic hydroxyl groups is 1. The highest BCUT2D eigenvalue weighted by Gasteiger charge is 2.56. The maximum Gasteiger partial charge on any atom is 0.417 e. The molecule has 1 nitrogen and oxygen atoms in total. The number of alkyl halides is 6. The molecule has 1 atom stereocenters. The monoisotopic (exact) mass is 504 g/mol. The third-order valence-corrected chi connectivity index (χ3v) is 5.38. The molecule has 2 aromatic carbocycles. The van der Waals surface area contributed by atoms with Gasteiger partial charge in [-0.3, -0.25) is 0 Å². The van der Waals surface area contributed by atoms with Crippen molar-refractivity contribution in [3.63, 3.8) is 0 Å². The Balaban J connectivity index is 0.00000265. The second kappa shape index (κ2) is 10.2. The van der Waals surface area contributed by atoms with Crippen molar-refractivity contribution < 1.29 is 40.2 Å². The molecule has 1 unspecified atom stereocenters. The summed E-state index contributed by atoms with van der Waals surface area (Å²) in [5.74, 6) is -2.20. The van der Waals surface area contributed by atoms with Gasteiger partial charge in [-0.05, 0) is 59.7 Å². The molecule has 2 aromatic rings. The van der Waals surface area contributed by atoms with E-state index in [9.17, 15) is 40.2 Å². The van der Waals surface area contributed by atoms with Crippen LogP contribution in [0.2, 0.25) is 5.02 Å². The lowest BCUT2D eigenvalue weighted by molar-refractivity contribution is -0.266. The Morgan fingerprint density at radius 3 is 1.94 bits per heavy atom. The molecule has 186 valence electrons. The quantitative estimate of drug-likeness (QED) is 0.407. The van der Waals surface area contributed by atoms with E-state index in [1.807, 2.05) is 13.8 Å². The van der Waals surface area contributed by atoms with Crippen LogP contribution in [-0.2, 0) is 18.0 Å². The molecule has 0 aliphatic heterocycles. The third-order valence-electron chi connectivity index (χ3n) is 5.10. The average Bonchev–Trinajstić information content (AvgIpc) is 2.66. The summed E-state index contributed by atoms with van der Waals surface area (Å²) in [5, 5.41) is 9.54. The van der Waals surface area contributed by atoms with Gasteiger partial charge in [0.05, 0.1) is 10.6 Å². The first-order chi connectivity index (χ1) is 14.9. The van der Waals surface area contributed by atoms with Gasteiger partial charge < -0.3 is 5.11 Å². The normalized spacial score (nSPS) is 14.4. The van der Waals surface area contributed by atoms with E-state index in [1.165, 1.54) is 26.8 Å². The fourth-order valence-corrected chi connectivity index (χ4v) is 3.90. The lowest BCUT2D eigenvalue weighted by Crippen LogP contribution is -2.51. The molecule has 0 spiro atoms. The van der Waals surface area contributed by atoms with Gasteiger partial charge >= 0.3 is 12.4 Å². The fraction of sp³-hybridized carbons (Fsp3) is 0.478. The van der Waals surface area contributed by atoms with Gasteiger partial charge in [0, 0.05) is 6.42 Å². The summed E-state index contributed by atoms with van der Waals surface area (Å²) in [6.07, 6.45) is -12.9. The molecule has 33 heavy (non-hydrogen) atoms. The van der Waals surface area contributed by atoms with E-state index in [4.69, 9.17) is 11.6 Å². The number of aryl methyl sites for hydroxylation is 1. The Labute approximate surface area is 192 Å². The first-order valence-corrected chi connectivity index (χ1v) is 10.4. The molecular weight excluding hydrogens is 480 g/mol. The number of benzene rings is 2. The molecule has 0 amide bonds. The molecule has 0 fully saturated rings. The summed E-state index contributed by atoms with van der Waals surface area (Å²) in [4.78, 5) is 0. The summed E-state index contributed by atoms with van der Waals surface area (Å²) >= 11 is 5.46. The van der Waals surface area contributed by atoms with Crippen molar-refractivity contribution in [2.45, 2.75) is 70.8 Å². The van der Waals surface area contributed by atoms with E-state index in [0.717, 1.165) is 12.1 Å². The topological polar surface area (TPSA) is 20.2 Å². The minimum Gasteiger partial charge on any atom is -0.380 e. The van der Waals surface area contributed by atoms with Gasteiger partial charge in [-0.1, -0.05) is 45.4 Å². The predicted molar refractivity (Wildman–Crippen MR) is 111 cm³/mol. The van der Waals surface area contributed by atoms with E-state index in [-0.39, 0.29) is 17.7 Å². The summed E-state index contributed by atoms with van der Waals surface area (Å²) in [6.45, 7) is 8.18. The molecule has 0 radical (unpaired) electrons. The molecule has 0 bridgehead atoms. The van der Waals surface area contributed by atoms with Crippen LogP contribution in [0.15, 0.2) is 30.3 Å². The first kappa shape index (κ1) is 29.2. The van der Waals surface area contributed by atoms with Crippen molar-refractivity contribution in [2.75, 3.05) is 0 Å². The second-order valence-electron chi connectivity index (χ2n) is 8.15. The molecule has 0 aliphatic rings. The Hall–Kier alpha value is -1.87. The molecular formula is C23H25ClF8O. The van der Waals surface area contributed by atoms with E-state index in [1.54, 1.807) is 0 Å². The zero-order chi connectivity index (χ0) is 26.0. The van der Waals surface area contributed by atoms with Gasteiger partial charge in [-0.2, -0.15) is 26.3 Å². The highest BCUT2D eigenvalue weighted by Crippen LogP contribution is 2.45. The number of rotatable bonds is 5. The fourth-order valence-electron chi connectivity index (χ4n) is 3.67. The minimum atomic E-state index is -5.33. The highest BCUT2D eigenvalue weighted by atomic mass is 35.5. The van der Waals surface area contributed by atoms with Crippen LogP contribution in [0.25, 0.3) is 0 Å². The van der Waals surface area contributed by atoms with Crippen molar-refractivity contribution in [1.82, 2.24) is 0 Å². The van der Waals surface area contributed by atoms with Crippen molar-refractivity contribution in [3.8, 4) is 0 Å². The van der Waals surface area contributed by atoms with E-state index < -0.39 is 64.0 Å². The van der Waals surface area contributed by atoms with Crippen LogP contribution in [0.3, 0.4) is 0 Å². The molecule has 0 saturated heterocycles. The second-order valence-corrected chi connectivity index (χ2v) is 8.56. The van der Waals surface area contributed by atoms with Gasteiger partial charge in [0.25, 0.3) is 0 Å². The molecule has 0 aliphatic carbocycles. The van der Waals surface area contributed by atoms with Crippen molar-refractivity contribution in [1.29, 1.82) is 0 Å². The Morgan fingerprint density at radius 2 is 1.45 bits per heavy atom. The maximum absolute atomic E-state index is 14.3. The third kappa shape index (κ3) is 6.82. The Bertz CT molecular complexity index is 966. The van der Waals surface area contributed by atoms with E-state index in [2.05, 4.69) is 0 Å². The van der Waals surface area contributed by atoms with Crippen molar-refractivity contribution >= 4 is 11.6 Å². The predicted octanol–water partition coefficient (Wildman–Crippen LogP) is 8.18. The molecule has 0 aromatic heterocycles. The van der Waals surface area contributed by atoms with Gasteiger partial charge in [-0.15, -0.1) is 0 Å². The average molecular weight is 505 g/mol. The number of hydrogen-bond donors (Lipinski definition) is 1. The SMILES string of the molecule is CC.Cc1ccc(F)cc1C(C)(C)CC(O)(Cc1cc(C(F)(F)F)cc(Cl)c1F)C(F)(F)F. The van der Waals surface area contributed by atoms with Crippen LogP contribution in [0.5, 0.6) is 0 Å². The van der Waals surface area contributed by atoms with Gasteiger partial charge in [0.1, 0.15) is 11.6 Å². The molecule has 1 N–H and O–H groups in total. The van der Waals surface area contributed by atoms with Crippen LogP contribution in [0.1, 0.15) is 56.4 Å². The smallest absolute Gasteiger partial charge is 0.380 e. The van der Waals surface area contributed by atoms with Crippen molar-refractivity contribution in [3.05, 3.63) is 69.2 Å². The van der Waals surface area contributed by atoms with Gasteiger partial charge in [0.2, 0.25) is 0 Å². The largest absolute Gasteiger partial charge is 0.417 e. The van der Waals surface area contributed by atoms with Crippen LogP contribution in [0, 0.1) is 18.6 Å². The standard InChI is InChI=1S/C21H19ClF8O.C2H6/c1-11-4-5-14(23)8-15(11)18(2,3)10-19(31,21(28,29)30)9-12-6-13(20(25,26)27)7-16(22)17(12)24;1-2/h4-8,31H,9-10H2,1-3H3;1-2H3. The first-order valence-electron chi connectivity index (χ1n) is 9.98. The zero-order valence-corrected chi connectivity index (χ0v) is 19.4. The maximum atomic E-state index is 14.3. The Kier molecular flexibility index (Phi) is 8.99. The molecule has 0 saturated carbocycles. The molecule has 10 heteroatoms. The van der Waals surface area contributed by atoms with Gasteiger partial charge in [0.15, 0.2) is 5.60 Å². The summed E-state index contributed by atoms with van der Waals surface area (Å²) in [6, 6.07) is 3.94. The number of halogens is 9. The van der Waals surface area contributed by atoms with Gasteiger partial charge in [-0.25, -0.2) is 8.78 Å².